The summed E-state index contributed by atoms with van der Waals surface area (Å²) in [5.41, 5.74) is 6.85. The van der Waals surface area contributed by atoms with Gasteiger partial charge in [0, 0.05) is 19.1 Å². The Bertz CT molecular complexity index is 508. The molecule has 118 valence electrons. The third kappa shape index (κ3) is 3.15. The van der Waals surface area contributed by atoms with Gasteiger partial charge in [-0.3, -0.25) is 4.79 Å². The Hall–Kier alpha value is -1.30. The molecule has 2 heterocycles. The molecule has 1 aliphatic rings. The van der Waals surface area contributed by atoms with E-state index in [0.717, 1.165) is 18.1 Å². The number of carbonyl (C=O) groups excluding carboxylic acids is 1. The van der Waals surface area contributed by atoms with E-state index in [1.54, 1.807) is 0 Å². The van der Waals surface area contributed by atoms with Gasteiger partial charge in [-0.15, -0.1) is 0 Å². The van der Waals surface area contributed by atoms with Gasteiger partial charge in [0.25, 0.3) is 5.91 Å². The van der Waals surface area contributed by atoms with E-state index in [1.165, 1.54) is 30.8 Å². The van der Waals surface area contributed by atoms with Crippen molar-refractivity contribution in [3.05, 3.63) is 5.56 Å². The highest BCUT2D eigenvalue weighted by molar-refractivity contribution is 7.11. The molecular weight excluding hydrogens is 284 g/mol. The first-order valence-corrected chi connectivity index (χ1v) is 8.50. The molecule has 1 fully saturated rings. The number of nitrogens with two attached hydrogens (primary N) is 1. The van der Waals surface area contributed by atoms with Crippen molar-refractivity contribution in [3.63, 3.8) is 0 Å². The molecule has 0 atom stereocenters. The lowest BCUT2D eigenvalue weighted by Crippen LogP contribution is -2.32. The molecule has 1 amide bonds. The normalized spacial score (nSPS) is 17.5. The fourth-order valence-corrected chi connectivity index (χ4v) is 3.83. The van der Waals surface area contributed by atoms with Gasteiger partial charge in [-0.25, -0.2) is 0 Å². The van der Waals surface area contributed by atoms with Crippen LogP contribution in [-0.2, 0) is 0 Å². The van der Waals surface area contributed by atoms with E-state index in [1.807, 2.05) is 13.8 Å². The van der Waals surface area contributed by atoms with Crippen molar-refractivity contribution in [1.82, 2.24) is 9.69 Å². The van der Waals surface area contributed by atoms with Crippen LogP contribution in [0.15, 0.2) is 0 Å². The van der Waals surface area contributed by atoms with Crippen LogP contribution in [0.3, 0.4) is 0 Å². The summed E-state index contributed by atoms with van der Waals surface area (Å²) in [6.07, 6.45) is 3.51. The van der Waals surface area contributed by atoms with Crippen molar-refractivity contribution in [2.24, 2.45) is 5.41 Å². The maximum atomic E-state index is 12.4. The van der Waals surface area contributed by atoms with Crippen LogP contribution in [0.2, 0.25) is 0 Å². The first-order chi connectivity index (χ1) is 9.92. The minimum Gasteiger partial charge on any atom is -0.382 e. The maximum Gasteiger partial charge on any atom is 0.258 e. The van der Waals surface area contributed by atoms with E-state index in [-0.39, 0.29) is 11.9 Å². The number of nitrogens with zero attached hydrogens (tertiary/aromatic N) is 2. The van der Waals surface area contributed by atoms with E-state index in [4.69, 9.17) is 5.73 Å². The highest BCUT2D eigenvalue weighted by Crippen LogP contribution is 2.42. The highest BCUT2D eigenvalue weighted by Gasteiger charge is 2.37. The summed E-state index contributed by atoms with van der Waals surface area (Å²) in [5.74, 6) is 0.232. The van der Waals surface area contributed by atoms with Crippen LogP contribution in [0.1, 0.15) is 57.3 Å². The number of amides is 1. The second kappa shape index (κ2) is 6.22. The molecule has 0 bridgehead atoms. The number of nitrogen functional groups attached to an aromatic ring is 1. The summed E-state index contributed by atoms with van der Waals surface area (Å²) in [5, 5.41) is 3.85. The van der Waals surface area contributed by atoms with E-state index in [9.17, 15) is 4.79 Å². The second-order valence-corrected chi connectivity index (χ2v) is 7.01. The zero-order valence-electron chi connectivity index (χ0n) is 13.4. The summed E-state index contributed by atoms with van der Waals surface area (Å²) < 4.78 is 4.21. The van der Waals surface area contributed by atoms with Crippen LogP contribution in [0.5, 0.6) is 0 Å². The standard InChI is InChI=1S/C15H26N4OS/c1-5-15(6-2)7-8-19(9-15)14-11(12(16)18-21-14)13(20)17-10(3)4/h10H,5-9H2,1-4H3,(H2,16,18)(H,17,20). The predicted octanol–water partition coefficient (Wildman–Crippen LogP) is 2.88. The monoisotopic (exact) mass is 310 g/mol. The molecule has 1 saturated heterocycles. The van der Waals surface area contributed by atoms with Crippen LogP contribution in [0.25, 0.3) is 0 Å². The van der Waals surface area contributed by atoms with Crippen molar-refractivity contribution in [2.45, 2.75) is 53.0 Å². The van der Waals surface area contributed by atoms with Gasteiger partial charge in [-0.2, -0.15) is 4.37 Å². The molecule has 1 aromatic heterocycles. The van der Waals surface area contributed by atoms with Crippen molar-refractivity contribution in [3.8, 4) is 0 Å². The SMILES string of the molecule is CCC1(CC)CCN(c2snc(N)c2C(=O)NC(C)C)C1. The van der Waals surface area contributed by atoms with Crippen molar-refractivity contribution < 1.29 is 4.79 Å². The Morgan fingerprint density at radius 3 is 2.67 bits per heavy atom. The van der Waals surface area contributed by atoms with E-state index in [0.29, 0.717) is 16.8 Å². The van der Waals surface area contributed by atoms with E-state index in [2.05, 4.69) is 28.4 Å². The number of hydrogen-bond donors (Lipinski definition) is 2. The average molecular weight is 310 g/mol. The highest BCUT2D eigenvalue weighted by atomic mass is 32.1. The van der Waals surface area contributed by atoms with Crippen LogP contribution < -0.4 is 16.0 Å². The summed E-state index contributed by atoms with van der Waals surface area (Å²) in [7, 11) is 0. The summed E-state index contributed by atoms with van der Waals surface area (Å²) in [6.45, 7) is 10.4. The van der Waals surface area contributed by atoms with Crippen molar-refractivity contribution in [1.29, 1.82) is 0 Å². The van der Waals surface area contributed by atoms with Gasteiger partial charge in [-0.05, 0) is 50.1 Å². The molecule has 0 aliphatic carbocycles. The van der Waals surface area contributed by atoms with Gasteiger partial charge >= 0.3 is 0 Å². The maximum absolute atomic E-state index is 12.4. The van der Waals surface area contributed by atoms with Gasteiger partial charge in [0.1, 0.15) is 10.6 Å². The van der Waals surface area contributed by atoms with Gasteiger partial charge in [0.2, 0.25) is 0 Å². The molecule has 2 rings (SSSR count). The lowest BCUT2D eigenvalue weighted by molar-refractivity contribution is 0.0944. The van der Waals surface area contributed by atoms with Crippen LogP contribution in [-0.4, -0.2) is 29.4 Å². The molecular formula is C15H26N4OS. The van der Waals surface area contributed by atoms with Crippen molar-refractivity contribution in [2.75, 3.05) is 23.7 Å². The fraction of sp³-hybridized carbons (Fsp3) is 0.733. The number of hydrogen-bond acceptors (Lipinski definition) is 5. The summed E-state index contributed by atoms with van der Waals surface area (Å²) in [4.78, 5) is 14.7. The van der Waals surface area contributed by atoms with Crippen LogP contribution in [0, 0.1) is 5.41 Å². The zero-order chi connectivity index (χ0) is 15.6. The molecule has 5 nitrogen and oxygen atoms in total. The molecule has 6 heteroatoms. The Morgan fingerprint density at radius 1 is 1.48 bits per heavy atom. The Balaban J connectivity index is 2.24. The van der Waals surface area contributed by atoms with Crippen LogP contribution in [0.4, 0.5) is 10.8 Å². The molecule has 0 aromatic carbocycles. The van der Waals surface area contributed by atoms with Gasteiger partial charge in [-0.1, -0.05) is 13.8 Å². The Kier molecular flexibility index (Phi) is 4.76. The first-order valence-electron chi connectivity index (χ1n) is 7.73. The smallest absolute Gasteiger partial charge is 0.258 e. The summed E-state index contributed by atoms with van der Waals surface area (Å²) >= 11 is 1.34. The van der Waals surface area contributed by atoms with Crippen molar-refractivity contribution >= 4 is 28.3 Å². The molecule has 0 radical (unpaired) electrons. The van der Waals surface area contributed by atoms with E-state index < -0.39 is 0 Å². The van der Waals surface area contributed by atoms with Gasteiger partial charge < -0.3 is 16.0 Å². The molecule has 0 saturated carbocycles. The molecule has 3 N–H and O–H groups in total. The quantitative estimate of drug-likeness (QED) is 0.877. The van der Waals surface area contributed by atoms with Gasteiger partial charge in [0.05, 0.1) is 0 Å². The molecule has 0 unspecified atom stereocenters. The third-order valence-electron chi connectivity index (χ3n) is 4.57. The predicted molar refractivity (Wildman–Crippen MR) is 89.0 cm³/mol. The lowest BCUT2D eigenvalue weighted by atomic mass is 9.82. The Morgan fingerprint density at radius 2 is 2.14 bits per heavy atom. The average Bonchev–Trinajstić information content (AvgIpc) is 3.02. The fourth-order valence-electron chi connectivity index (χ4n) is 2.99. The summed E-state index contributed by atoms with van der Waals surface area (Å²) in [6, 6.07) is 0.0913. The molecule has 1 aliphatic heterocycles. The zero-order valence-corrected chi connectivity index (χ0v) is 14.2. The molecule has 1 aromatic rings. The minimum atomic E-state index is -0.114. The van der Waals surface area contributed by atoms with E-state index >= 15 is 0 Å². The van der Waals surface area contributed by atoms with Gasteiger partial charge in [0.15, 0.2) is 5.82 Å². The van der Waals surface area contributed by atoms with Crippen LogP contribution >= 0.6 is 11.5 Å². The largest absolute Gasteiger partial charge is 0.382 e. The first kappa shape index (κ1) is 16.1. The lowest BCUT2D eigenvalue weighted by Gasteiger charge is -2.26. The second-order valence-electron chi connectivity index (χ2n) is 6.25. The number of aromatic nitrogens is 1. The number of anilines is 2. The topological polar surface area (TPSA) is 71.2 Å². The number of nitrogens with one attached hydrogen (secondary N) is 1. The number of carbonyl (C=O) groups is 1. The third-order valence-corrected chi connectivity index (χ3v) is 5.50. The molecule has 21 heavy (non-hydrogen) atoms. The Labute approximate surface area is 131 Å². The number of rotatable bonds is 5. The molecule has 0 spiro atoms. The minimum absolute atomic E-state index is 0.0913.